The van der Waals surface area contributed by atoms with Gasteiger partial charge in [0.2, 0.25) is 0 Å². The van der Waals surface area contributed by atoms with Crippen LogP contribution in [-0.4, -0.2) is 16.1 Å². The number of fused-ring (bicyclic) bond motifs is 1. The average Bonchev–Trinajstić information content (AvgIpc) is 2.59. The maximum Gasteiger partial charge on any atom is 0.110 e. The van der Waals surface area contributed by atoms with Crippen LogP contribution >= 0.6 is 0 Å². The molecule has 0 aliphatic carbocycles. The highest BCUT2D eigenvalue weighted by atomic mass is 15.1. The molecule has 3 heteroatoms. The predicted molar refractivity (Wildman–Crippen MR) is 61.9 cm³/mol. The molecule has 2 N–H and O–H groups in total. The number of nitrogens with two attached hydrogens (primary N) is 1. The van der Waals surface area contributed by atoms with Crippen LogP contribution < -0.4 is 5.73 Å². The molecule has 1 aliphatic rings. The van der Waals surface area contributed by atoms with Crippen molar-refractivity contribution in [3.8, 4) is 0 Å². The van der Waals surface area contributed by atoms with Gasteiger partial charge in [-0.15, -0.1) is 0 Å². The van der Waals surface area contributed by atoms with E-state index < -0.39 is 0 Å². The standard InChI is InChI=1S/C12H21N3/c1-2-5-10-11-6-3-4-9-15(11)12(14-10)7-8-13/h2-9,13H2,1H3. The number of imidazole rings is 1. The summed E-state index contributed by atoms with van der Waals surface area (Å²) in [5, 5.41) is 0. The lowest BCUT2D eigenvalue weighted by molar-refractivity contribution is 0.512. The predicted octanol–water partition coefficient (Wildman–Crippen LogP) is 1.67. The Morgan fingerprint density at radius 3 is 2.93 bits per heavy atom. The molecule has 0 radical (unpaired) electrons. The van der Waals surface area contributed by atoms with Crippen molar-refractivity contribution in [2.75, 3.05) is 6.54 Å². The van der Waals surface area contributed by atoms with Gasteiger partial charge in [0, 0.05) is 18.7 Å². The van der Waals surface area contributed by atoms with Gasteiger partial charge in [-0.2, -0.15) is 0 Å². The highest BCUT2D eigenvalue weighted by Gasteiger charge is 2.18. The van der Waals surface area contributed by atoms with Gasteiger partial charge in [-0.05, 0) is 32.2 Å². The molecule has 2 heterocycles. The van der Waals surface area contributed by atoms with Crippen molar-refractivity contribution in [1.29, 1.82) is 0 Å². The second-order valence-corrected chi connectivity index (χ2v) is 4.32. The average molecular weight is 207 g/mol. The normalized spacial score (nSPS) is 15.3. The Morgan fingerprint density at radius 1 is 1.33 bits per heavy atom. The first kappa shape index (κ1) is 10.7. The molecule has 2 rings (SSSR count). The van der Waals surface area contributed by atoms with E-state index in [-0.39, 0.29) is 0 Å². The number of aromatic nitrogens is 2. The van der Waals surface area contributed by atoms with Crippen LogP contribution in [-0.2, 0) is 25.8 Å². The third-order valence-electron chi connectivity index (χ3n) is 3.13. The van der Waals surface area contributed by atoms with Gasteiger partial charge in [-0.25, -0.2) is 4.98 Å². The lowest BCUT2D eigenvalue weighted by Gasteiger charge is -2.17. The first-order chi connectivity index (χ1) is 7.36. The summed E-state index contributed by atoms with van der Waals surface area (Å²) in [5.74, 6) is 1.22. The molecule has 0 bridgehead atoms. The molecule has 0 spiro atoms. The Bertz CT molecular complexity index is 297. The minimum Gasteiger partial charge on any atom is -0.332 e. The Kier molecular flexibility index (Phi) is 3.41. The molecule has 0 amide bonds. The molecule has 0 atom stereocenters. The zero-order chi connectivity index (χ0) is 10.7. The van der Waals surface area contributed by atoms with E-state index >= 15 is 0 Å². The number of rotatable bonds is 4. The molecule has 0 saturated heterocycles. The van der Waals surface area contributed by atoms with E-state index in [0.29, 0.717) is 6.54 Å². The maximum absolute atomic E-state index is 5.62. The Hall–Kier alpha value is -0.830. The van der Waals surface area contributed by atoms with Gasteiger partial charge in [0.15, 0.2) is 0 Å². The van der Waals surface area contributed by atoms with Crippen molar-refractivity contribution in [2.24, 2.45) is 5.73 Å². The molecule has 1 aromatic heterocycles. The van der Waals surface area contributed by atoms with Crippen LogP contribution in [0.3, 0.4) is 0 Å². The zero-order valence-corrected chi connectivity index (χ0v) is 9.63. The van der Waals surface area contributed by atoms with E-state index in [4.69, 9.17) is 10.7 Å². The second kappa shape index (κ2) is 4.79. The molecule has 3 nitrogen and oxygen atoms in total. The lowest BCUT2D eigenvalue weighted by atomic mass is 10.1. The largest absolute Gasteiger partial charge is 0.332 e. The van der Waals surface area contributed by atoms with Crippen molar-refractivity contribution >= 4 is 0 Å². The van der Waals surface area contributed by atoms with Gasteiger partial charge in [0.05, 0.1) is 5.69 Å². The number of aryl methyl sites for hydroxylation is 1. The second-order valence-electron chi connectivity index (χ2n) is 4.32. The maximum atomic E-state index is 5.62. The molecule has 84 valence electrons. The Morgan fingerprint density at radius 2 is 2.20 bits per heavy atom. The fourth-order valence-corrected chi connectivity index (χ4v) is 2.45. The van der Waals surface area contributed by atoms with Gasteiger partial charge in [-0.3, -0.25) is 0 Å². The summed E-state index contributed by atoms with van der Waals surface area (Å²) < 4.78 is 2.42. The Balaban J connectivity index is 2.31. The van der Waals surface area contributed by atoms with Crippen LogP contribution in [0.25, 0.3) is 0 Å². The van der Waals surface area contributed by atoms with E-state index in [1.54, 1.807) is 0 Å². The molecule has 0 unspecified atom stereocenters. The van der Waals surface area contributed by atoms with Gasteiger partial charge in [0.25, 0.3) is 0 Å². The third kappa shape index (κ3) is 2.07. The van der Waals surface area contributed by atoms with E-state index in [1.165, 1.54) is 42.9 Å². The topological polar surface area (TPSA) is 43.8 Å². The first-order valence-electron chi connectivity index (χ1n) is 6.14. The minimum atomic E-state index is 0.710. The summed E-state index contributed by atoms with van der Waals surface area (Å²) in [6.45, 7) is 4.08. The van der Waals surface area contributed by atoms with Crippen LogP contribution in [0.15, 0.2) is 0 Å². The highest BCUT2D eigenvalue weighted by Crippen LogP contribution is 2.22. The number of nitrogens with zero attached hydrogens (tertiary/aromatic N) is 2. The molecular formula is C12H21N3. The smallest absolute Gasteiger partial charge is 0.110 e. The molecule has 1 aliphatic heterocycles. The van der Waals surface area contributed by atoms with Gasteiger partial charge < -0.3 is 10.3 Å². The first-order valence-corrected chi connectivity index (χ1v) is 6.14. The minimum absolute atomic E-state index is 0.710. The molecular weight excluding hydrogens is 186 g/mol. The summed E-state index contributed by atoms with van der Waals surface area (Å²) >= 11 is 0. The zero-order valence-electron chi connectivity index (χ0n) is 9.63. The SMILES string of the molecule is CCCc1nc(CCN)n2c1CCCC2. The van der Waals surface area contributed by atoms with Crippen LogP contribution in [0.4, 0.5) is 0 Å². The van der Waals surface area contributed by atoms with Gasteiger partial charge in [0.1, 0.15) is 5.82 Å². The number of hydrogen-bond acceptors (Lipinski definition) is 2. The van der Waals surface area contributed by atoms with Crippen molar-refractivity contribution < 1.29 is 0 Å². The summed E-state index contributed by atoms with van der Waals surface area (Å²) in [6, 6.07) is 0. The monoisotopic (exact) mass is 207 g/mol. The summed E-state index contributed by atoms with van der Waals surface area (Å²) in [4.78, 5) is 4.75. The van der Waals surface area contributed by atoms with Crippen molar-refractivity contribution in [3.63, 3.8) is 0 Å². The van der Waals surface area contributed by atoms with Gasteiger partial charge in [-0.1, -0.05) is 13.3 Å². The van der Waals surface area contributed by atoms with Crippen LogP contribution in [0, 0.1) is 0 Å². The van der Waals surface area contributed by atoms with Crippen LogP contribution in [0.5, 0.6) is 0 Å². The van der Waals surface area contributed by atoms with E-state index in [0.717, 1.165) is 19.4 Å². The third-order valence-corrected chi connectivity index (χ3v) is 3.13. The highest BCUT2D eigenvalue weighted by molar-refractivity contribution is 5.19. The fourth-order valence-electron chi connectivity index (χ4n) is 2.45. The van der Waals surface area contributed by atoms with Gasteiger partial charge >= 0.3 is 0 Å². The quantitative estimate of drug-likeness (QED) is 0.816. The molecule has 1 aromatic rings. The van der Waals surface area contributed by atoms with E-state index in [2.05, 4.69) is 11.5 Å². The van der Waals surface area contributed by atoms with E-state index in [9.17, 15) is 0 Å². The lowest BCUT2D eigenvalue weighted by Crippen LogP contribution is -2.15. The van der Waals surface area contributed by atoms with Crippen LogP contribution in [0.1, 0.15) is 43.4 Å². The summed E-state index contributed by atoms with van der Waals surface area (Å²) in [6.07, 6.45) is 7.08. The van der Waals surface area contributed by atoms with Crippen molar-refractivity contribution in [2.45, 2.75) is 52.0 Å². The summed E-state index contributed by atoms with van der Waals surface area (Å²) in [7, 11) is 0. The summed E-state index contributed by atoms with van der Waals surface area (Å²) in [5.41, 5.74) is 8.45. The Labute approximate surface area is 91.7 Å². The van der Waals surface area contributed by atoms with E-state index in [1.807, 2.05) is 0 Å². The van der Waals surface area contributed by atoms with Crippen LogP contribution in [0.2, 0.25) is 0 Å². The molecule has 0 aromatic carbocycles. The van der Waals surface area contributed by atoms with Crippen molar-refractivity contribution in [1.82, 2.24) is 9.55 Å². The van der Waals surface area contributed by atoms with Crippen molar-refractivity contribution in [3.05, 3.63) is 17.2 Å². The molecule has 15 heavy (non-hydrogen) atoms. The number of hydrogen-bond donors (Lipinski definition) is 1. The molecule has 0 saturated carbocycles. The molecule has 0 fully saturated rings. The fraction of sp³-hybridized carbons (Fsp3) is 0.750.